The molecule has 82 valence electrons. The molecule has 1 N–H and O–H groups in total. The highest BCUT2D eigenvalue weighted by Crippen LogP contribution is 2.54. The number of aliphatic hydroxyl groups is 1. The standard InChI is InChI=1S/C12H15FO2/c1-3-8-7-12(8,14)10-5-4-9(15-2)6-11(10)13/h4-6,8,14H,3,7H2,1-2H3. The number of hydrogen-bond acceptors (Lipinski definition) is 2. The SMILES string of the molecule is CCC1CC1(O)c1ccc(OC)cc1F. The summed E-state index contributed by atoms with van der Waals surface area (Å²) in [5.74, 6) is 0.293. The van der Waals surface area contributed by atoms with Gasteiger partial charge in [0.2, 0.25) is 0 Å². The van der Waals surface area contributed by atoms with Gasteiger partial charge in [0.15, 0.2) is 0 Å². The molecule has 0 spiro atoms. The van der Waals surface area contributed by atoms with Crippen LogP contribution in [-0.4, -0.2) is 12.2 Å². The molecule has 0 aliphatic heterocycles. The highest BCUT2D eigenvalue weighted by Gasteiger charge is 2.54. The Hall–Kier alpha value is -1.09. The lowest BCUT2D eigenvalue weighted by molar-refractivity contribution is 0.126. The van der Waals surface area contributed by atoms with Crippen molar-refractivity contribution in [1.82, 2.24) is 0 Å². The van der Waals surface area contributed by atoms with Crippen LogP contribution >= 0.6 is 0 Å². The zero-order chi connectivity index (χ0) is 11.1. The van der Waals surface area contributed by atoms with Crippen molar-refractivity contribution in [3.63, 3.8) is 0 Å². The Morgan fingerprint density at radius 1 is 1.60 bits per heavy atom. The van der Waals surface area contributed by atoms with Crippen LogP contribution in [0.25, 0.3) is 0 Å². The molecule has 2 unspecified atom stereocenters. The van der Waals surface area contributed by atoms with E-state index in [1.165, 1.54) is 13.2 Å². The van der Waals surface area contributed by atoms with Crippen LogP contribution in [0.15, 0.2) is 18.2 Å². The maximum atomic E-state index is 13.6. The molecular formula is C12H15FO2. The number of hydrogen-bond donors (Lipinski definition) is 1. The maximum absolute atomic E-state index is 13.6. The molecule has 1 saturated carbocycles. The number of rotatable bonds is 3. The summed E-state index contributed by atoms with van der Waals surface area (Å²) in [6.45, 7) is 2.00. The van der Waals surface area contributed by atoms with Crippen LogP contribution in [0, 0.1) is 11.7 Å². The lowest BCUT2D eigenvalue weighted by atomic mass is 10.0. The fraction of sp³-hybridized carbons (Fsp3) is 0.500. The molecule has 2 atom stereocenters. The minimum Gasteiger partial charge on any atom is -0.497 e. The largest absolute Gasteiger partial charge is 0.497 e. The normalized spacial score (nSPS) is 28.9. The smallest absolute Gasteiger partial charge is 0.132 e. The number of halogens is 1. The maximum Gasteiger partial charge on any atom is 0.132 e. The minimum atomic E-state index is -0.939. The van der Waals surface area contributed by atoms with Crippen LogP contribution in [0.4, 0.5) is 4.39 Å². The second-order valence-electron chi connectivity index (χ2n) is 4.08. The summed E-state index contributed by atoms with van der Waals surface area (Å²) < 4.78 is 18.6. The Morgan fingerprint density at radius 3 is 2.80 bits per heavy atom. The lowest BCUT2D eigenvalue weighted by Crippen LogP contribution is -2.11. The Bertz CT molecular complexity index is 378. The van der Waals surface area contributed by atoms with Gasteiger partial charge in [-0.05, 0) is 24.5 Å². The average Bonchev–Trinajstić information content (AvgIpc) is 2.90. The van der Waals surface area contributed by atoms with Gasteiger partial charge in [-0.1, -0.05) is 13.3 Å². The fourth-order valence-electron chi connectivity index (χ4n) is 2.10. The van der Waals surface area contributed by atoms with Gasteiger partial charge in [-0.15, -0.1) is 0 Å². The third kappa shape index (κ3) is 1.61. The predicted octanol–water partition coefficient (Wildman–Crippen LogP) is 2.45. The Kier molecular flexibility index (Phi) is 2.43. The van der Waals surface area contributed by atoms with Gasteiger partial charge in [0.05, 0.1) is 12.7 Å². The zero-order valence-electron chi connectivity index (χ0n) is 8.96. The Labute approximate surface area is 88.7 Å². The first-order valence-corrected chi connectivity index (χ1v) is 5.18. The third-order valence-corrected chi connectivity index (χ3v) is 3.21. The first kappa shape index (κ1) is 10.4. The van der Waals surface area contributed by atoms with E-state index in [2.05, 4.69) is 0 Å². The highest BCUT2D eigenvalue weighted by molar-refractivity contribution is 5.36. The summed E-state index contributed by atoms with van der Waals surface area (Å²) in [4.78, 5) is 0. The molecular weight excluding hydrogens is 195 g/mol. The molecule has 3 heteroatoms. The van der Waals surface area contributed by atoms with Gasteiger partial charge in [0.1, 0.15) is 11.6 Å². The number of methoxy groups -OCH3 is 1. The molecule has 0 radical (unpaired) electrons. The van der Waals surface area contributed by atoms with Gasteiger partial charge < -0.3 is 9.84 Å². The van der Waals surface area contributed by atoms with Crippen molar-refractivity contribution in [2.45, 2.75) is 25.4 Å². The molecule has 0 aromatic heterocycles. The molecule has 0 saturated heterocycles. The fourth-order valence-corrected chi connectivity index (χ4v) is 2.10. The number of benzene rings is 1. The van der Waals surface area contributed by atoms with Crippen molar-refractivity contribution in [2.24, 2.45) is 5.92 Å². The molecule has 0 heterocycles. The summed E-state index contributed by atoms with van der Waals surface area (Å²) in [7, 11) is 1.50. The third-order valence-electron chi connectivity index (χ3n) is 3.21. The molecule has 1 aliphatic rings. The highest BCUT2D eigenvalue weighted by atomic mass is 19.1. The lowest BCUT2D eigenvalue weighted by Gasteiger charge is -2.12. The van der Waals surface area contributed by atoms with Crippen LogP contribution in [0.2, 0.25) is 0 Å². The van der Waals surface area contributed by atoms with Crippen molar-refractivity contribution in [3.8, 4) is 5.75 Å². The molecule has 0 amide bonds. The molecule has 1 aliphatic carbocycles. The first-order chi connectivity index (χ1) is 7.11. The average molecular weight is 210 g/mol. The number of ether oxygens (including phenoxy) is 1. The predicted molar refractivity (Wildman–Crippen MR) is 55.2 cm³/mol. The van der Waals surface area contributed by atoms with Gasteiger partial charge >= 0.3 is 0 Å². The van der Waals surface area contributed by atoms with E-state index in [-0.39, 0.29) is 11.7 Å². The molecule has 1 fully saturated rings. The molecule has 1 aromatic carbocycles. The van der Waals surface area contributed by atoms with Crippen LogP contribution in [0.3, 0.4) is 0 Å². The van der Waals surface area contributed by atoms with Gasteiger partial charge in [0, 0.05) is 11.6 Å². The van der Waals surface area contributed by atoms with Crippen molar-refractivity contribution in [1.29, 1.82) is 0 Å². The van der Waals surface area contributed by atoms with E-state index in [9.17, 15) is 9.50 Å². The Morgan fingerprint density at radius 2 is 2.33 bits per heavy atom. The van der Waals surface area contributed by atoms with Gasteiger partial charge in [-0.2, -0.15) is 0 Å². The van der Waals surface area contributed by atoms with Crippen LogP contribution in [0.1, 0.15) is 25.3 Å². The van der Waals surface area contributed by atoms with Gasteiger partial charge in [0.25, 0.3) is 0 Å². The van der Waals surface area contributed by atoms with Crippen LogP contribution in [0.5, 0.6) is 5.75 Å². The van der Waals surface area contributed by atoms with Crippen molar-refractivity contribution in [2.75, 3.05) is 7.11 Å². The second-order valence-corrected chi connectivity index (χ2v) is 4.08. The van der Waals surface area contributed by atoms with E-state index in [1.54, 1.807) is 12.1 Å². The molecule has 2 nitrogen and oxygen atoms in total. The molecule has 15 heavy (non-hydrogen) atoms. The van der Waals surface area contributed by atoms with E-state index in [4.69, 9.17) is 4.74 Å². The second kappa shape index (κ2) is 3.49. The minimum absolute atomic E-state index is 0.195. The zero-order valence-corrected chi connectivity index (χ0v) is 8.96. The van der Waals surface area contributed by atoms with Crippen LogP contribution < -0.4 is 4.74 Å². The summed E-state index contributed by atoms with van der Waals surface area (Å²) >= 11 is 0. The van der Waals surface area contributed by atoms with E-state index in [0.717, 1.165) is 6.42 Å². The van der Waals surface area contributed by atoms with E-state index in [1.807, 2.05) is 6.92 Å². The summed E-state index contributed by atoms with van der Waals surface area (Å²) in [5.41, 5.74) is -0.541. The summed E-state index contributed by atoms with van der Waals surface area (Å²) in [5, 5.41) is 10.1. The quantitative estimate of drug-likeness (QED) is 0.830. The first-order valence-electron chi connectivity index (χ1n) is 5.18. The topological polar surface area (TPSA) is 29.5 Å². The van der Waals surface area contributed by atoms with Crippen molar-refractivity contribution < 1.29 is 14.2 Å². The summed E-state index contributed by atoms with van der Waals surface area (Å²) in [6.07, 6.45) is 1.54. The van der Waals surface area contributed by atoms with E-state index in [0.29, 0.717) is 17.7 Å². The van der Waals surface area contributed by atoms with Gasteiger partial charge in [-0.3, -0.25) is 0 Å². The van der Waals surface area contributed by atoms with Crippen molar-refractivity contribution in [3.05, 3.63) is 29.6 Å². The molecule has 1 aromatic rings. The van der Waals surface area contributed by atoms with E-state index < -0.39 is 5.60 Å². The van der Waals surface area contributed by atoms with E-state index >= 15 is 0 Å². The monoisotopic (exact) mass is 210 g/mol. The Balaban J connectivity index is 2.31. The molecule has 0 bridgehead atoms. The van der Waals surface area contributed by atoms with Gasteiger partial charge in [-0.25, -0.2) is 4.39 Å². The van der Waals surface area contributed by atoms with Crippen LogP contribution in [-0.2, 0) is 5.60 Å². The molecule has 2 rings (SSSR count). The van der Waals surface area contributed by atoms with Crippen molar-refractivity contribution >= 4 is 0 Å². The summed E-state index contributed by atoms with van der Waals surface area (Å²) in [6, 6.07) is 4.61.